The van der Waals surface area contributed by atoms with E-state index in [1.165, 1.54) is 33.4 Å². The van der Waals surface area contributed by atoms with Gasteiger partial charge in [-0.05, 0) is 71.9 Å². The number of hydrogen-bond donors (Lipinski definition) is 0. The van der Waals surface area contributed by atoms with Gasteiger partial charge in [0.1, 0.15) is 0 Å². The number of pyridine rings is 1. The van der Waals surface area contributed by atoms with Gasteiger partial charge in [-0.15, -0.1) is 0 Å². The van der Waals surface area contributed by atoms with Gasteiger partial charge in [0.05, 0.1) is 35.2 Å². The van der Waals surface area contributed by atoms with Gasteiger partial charge in [0.15, 0.2) is 0 Å². The van der Waals surface area contributed by atoms with Gasteiger partial charge in [0.25, 0.3) is 0 Å². The molecule has 0 aliphatic carbocycles. The van der Waals surface area contributed by atoms with E-state index in [1.54, 1.807) is 0 Å². The van der Waals surface area contributed by atoms with Crippen LogP contribution in [0.2, 0.25) is 0 Å². The third-order valence-corrected chi connectivity index (χ3v) is 6.56. The molecule has 0 saturated heterocycles. The minimum Gasteiger partial charge on any atom is -1.00 e. The van der Waals surface area contributed by atoms with Crippen molar-refractivity contribution in [1.82, 2.24) is 4.98 Å². The van der Waals surface area contributed by atoms with Gasteiger partial charge < -0.3 is 37.2 Å². The maximum Gasteiger partial charge on any atom is 3.00 e. The van der Waals surface area contributed by atoms with Gasteiger partial charge in [-0.2, -0.15) is 0 Å². The van der Waals surface area contributed by atoms with Crippen molar-refractivity contribution < 1.29 is 54.0 Å². The summed E-state index contributed by atoms with van der Waals surface area (Å²) < 4.78 is 0. The van der Waals surface area contributed by atoms with E-state index in [0.29, 0.717) is 23.7 Å². The Hall–Kier alpha value is -1.69. The maximum absolute atomic E-state index is 4.97. The molecule has 0 spiro atoms. The van der Waals surface area contributed by atoms with Gasteiger partial charge in [-0.3, -0.25) is 9.98 Å². The molecule has 3 rings (SSSR count). The summed E-state index contributed by atoms with van der Waals surface area (Å²) in [6.07, 6.45) is 3.79. The minimum atomic E-state index is 0. The molecule has 0 atom stereocenters. The molecule has 1 aromatic heterocycles. The number of nitrogens with zero attached hydrogens (tertiary/aromatic N) is 3. The summed E-state index contributed by atoms with van der Waals surface area (Å²) in [6, 6.07) is 15.1. The zero-order valence-corrected chi connectivity index (χ0v) is 28.6. The largest absolute Gasteiger partial charge is 3.00 e. The Bertz CT molecular complexity index is 1130. The Kier molecular flexibility index (Phi) is 18.2. The number of halogens is 3. The van der Waals surface area contributed by atoms with Crippen molar-refractivity contribution in [3.63, 3.8) is 0 Å². The monoisotopic (exact) mass is 645 g/mol. The molecule has 3 nitrogen and oxygen atoms in total. The van der Waals surface area contributed by atoms with Crippen molar-refractivity contribution in [1.29, 1.82) is 0 Å². The van der Waals surface area contributed by atoms with Gasteiger partial charge in [-0.25, -0.2) is 4.98 Å². The van der Waals surface area contributed by atoms with E-state index >= 15 is 0 Å². The van der Waals surface area contributed by atoms with Crippen LogP contribution >= 0.6 is 0 Å². The van der Waals surface area contributed by atoms with Crippen LogP contribution in [0.5, 0.6) is 0 Å². The van der Waals surface area contributed by atoms with Crippen molar-refractivity contribution in [2.24, 2.45) is 9.98 Å². The van der Waals surface area contributed by atoms with E-state index in [4.69, 9.17) is 15.0 Å². The number of benzene rings is 2. The van der Waals surface area contributed by atoms with Crippen LogP contribution in [0.25, 0.3) is 0 Å². The molecule has 0 fully saturated rings. The normalized spacial score (nSPS) is 11.2. The van der Waals surface area contributed by atoms with Crippen molar-refractivity contribution in [2.45, 2.75) is 92.9 Å². The summed E-state index contributed by atoms with van der Waals surface area (Å²) in [5, 5.41) is 0. The predicted octanol–water partition coefficient (Wildman–Crippen LogP) is 0.703. The first kappa shape index (κ1) is 40.4. The second kappa shape index (κ2) is 18.0. The van der Waals surface area contributed by atoms with Crippen molar-refractivity contribution in [3.8, 4) is 0 Å². The summed E-state index contributed by atoms with van der Waals surface area (Å²) in [7, 11) is 0. The molecule has 0 radical (unpaired) electrons. The van der Waals surface area contributed by atoms with E-state index in [2.05, 4.69) is 93.5 Å². The molecule has 1 heterocycles. The Labute approximate surface area is 271 Å². The predicted molar refractivity (Wildman–Crippen MR) is 157 cm³/mol. The van der Waals surface area contributed by atoms with E-state index in [9.17, 15) is 0 Å². The van der Waals surface area contributed by atoms with E-state index in [1.807, 2.05) is 30.6 Å². The zero-order valence-electron chi connectivity index (χ0n) is 25.3. The fraction of sp³-hybridized carbons (Fsp3) is 0.424. The standard InChI is InChI=1S/C33H43N3.3ClH.Co/c1-20(2)28-14-24(9)15-29(21(3)4)32(28)34-18-26-12-11-13-27(36-26)19-35-33-30(22(5)6)16-25(10)17-31(33)23(7)8;;;;/h11-23H,1-10H3;3*1H;/q;;;;+3/p-3. The van der Waals surface area contributed by atoms with Crippen LogP contribution in [0.1, 0.15) is 124 Å². The number of rotatable bonds is 8. The van der Waals surface area contributed by atoms with Gasteiger partial charge in [0.2, 0.25) is 0 Å². The molecule has 7 heteroatoms. The van der Waals surface area contributed by atoms with Crippen LogP contribution < -0.4 is 37.2 Å². The second-order valence-corrected chi connectivity index (χ2v) is 11.2. The maximum atomic E-state index is 4.97. The Morgan fingerprint density at radius 3 is 1.07 bits per heavy atom. The first-order valence-corrected chi connectivity index (χ1v) is 13.3. The Morgan fingerprint density at radius 1 is 0.550 bits per heavy atom. The molecule has 0 aliphatic rings. The van der Waals surface area contributed by atoms with Gasteiger partial charge >= 0.3 is 16.8 Å². The molecule has 0 amide bonds. The third kappa shape index (κ3) is 10.3. The molecule has 0 bridgehead atoms. The summed E-state index contributed by atoms with van der Waals surface area (Å²) in [4.78, 5) is 14.8. The average Bonchev–Trinajstić information content (AvgIpc) is 2.81. The quantitative estimate of drug-likeness (QED) is 0.333. The zero-order chi connectivity index (χ0) is 26.6. The average molecular weight is 647 g/mol. The molecule has 0 N–H and O–H groups in total. The van der Waals surface area contributed by atoms with Gasteiger partial charge in [0, 0.05) is 0 Å². The summed E-state index contributed by atoms with van der Waals surface area (Å²) in [5.41, 5.74) is 11.5. The van der Waals surface area contributed by atoms with Crippen molar-refractivity contribution in [2.75, 3.05) is 0 Å². The SMILES string of the molecule is Cc1cc(C(C)C)c(N=Cc2cccc(C=Nc3c(C(C)C)cc(C)cc3C(C)C)n2)c(C(C)C)c1.[Cl-].[Cl-].[Cl-].[Co+3]. The number of hydrogen-bond acceptors (Lipinski definition) is 3. The fourth-order valence-corrected chi connectivity index (χ4v) is 4.60. The van der Waals surface area contributed by atoms with Crippen molar-refractivity contribution in [3.05, 3.63) is 87.2 Å². The van der Waals surface area contributed by atoms with Crippen LogP contribution in [-0.2, 0) is 16.8 Å². The van der Waals surface area contributed by atoms with E-state index < -0.39 is 0 Å². The smallest absolute Gasteiger partial charge is 1.00 e. The van der Waals surface area contributed by atoms with E-state index in [-0.39, 0.29) is 54.0 Å². The molecule has 220 valence electrons. The molecule has 0 saturated carbocycles. The van der Waals surface area contributed by atoms with Crippen LogP contribution in [0.3, 0.4) is 0 Å². The number of aromatic nitrogens is 1. The van der Waals surface area contributed by atoms with E-state index in [0.717, 1.165) is 22.8 Å². The first-order chi connectivity index (χ1) is 17.0. The minimum absolute atomic E-state index is 0. The summed E-state index contributed by atoms with van der Waals surface area (Å²) in [6.45, 7) is 22.2. The Morgan fingerprint density at radius 2 is 0.825 bits per heavy atom. The summed E-state index contributed by atoms with van der Waals surface area (Å²) >= 11 is 0. The summed E-state index contributed by atoms with van der Waals surface area (Å²) in [5.74, 6) is 1.61. The molecule has 0 unspecified atom stereocenters. The molecular formula is C33H43Cl3CoN3. The second-order valence-electron chi connectivity index (χ2n) is 11.2. The molecule has 3 aromatic rings. The van der Waals surface area contributed by atoms with Crippen LogP contribution in [0.4, 0.5) is 11.4 Å². The van der Waals surface area contributed by atoms with Crippen LogP contribution in [-0.4, -0.2) is 17.4 Å². The first-order valence-electron chi connectivity index (χ1n) is 13.3. The number of aliphatic imine (C=N–C) groups is 2. The van der Waals surface area contributed by atoms with Crippen LogP contribution in [0.15, 0.2) is 52.4 Å². The molecule has 2 aromatic carbocycles. The van der Waals surface area contributed by atoms with Gasteiger partial charge in [-0.1, -0.05) is 96.8 Å². The Balaban J connectivity index is 0. The number of aryl methyl sites for hydroxylation is 2. The van der Waals surface area contributed by atoms with Crippen molar-refractivity contribution >= 4 is 23.8 Å². The third-order valence-electron chi connectivity index (χ3n) is 6.56. The van der Waals surface area contributed by atoms with Crippen LogP contribution in [0, 0.1) is 13.8 Å². The molecular weight excluding hydrogens is 604 g/mol. The molecule has 40 heavy (non-hydrogen) atoms. The topological polar surface area (TPSA) is 37.6 Å². The molecule has 0 aliphatic heterocycles. The fourth-order valence-electron chi connectivity index (χ4n) is 4.60.